The van der Waals surface area contributed by atoms with Gasteiger partial charge in [-0.3, -0.25) is 10.2 Å². The van der Waals surface area contributed by atoms with Gasteiger partial charge >= 0.3 is 12.1 Å². The zero-order valence-corrected chi connectivity index (χ0v) is 13.1. The van der Waals surface area contributed by atoms with Crippen LogP contribution in [0, 0.1) is 0 Å². The summed E-state index contributed by atoms with van der Waals surface area (Å²) >= 11 is 11.6. The second-order valence-electron chi connectivity index (χ2n) is 3.97. The number of hydrogen-bond donors (Lipinski definition) is 5. The zero-order chi connectivity index (χ0) is 16.5. The van der Waals surface area contributed by atoms with Gasteiger partial charge < -0.3 is 16.0 Å². The van der Waals surface area contributed by atoms with Crippen molar-refractivity contribution in [3.63, 3.8) is 0 Å². The van der Waals surface area contributed by atoms with E-state index in [4.69, 9.17) is 23.2 Å². The molecule has 0 aromatic heterocycles. The van der Waals surface area contributed by atoms with E-state index in [1.165, 1.54) is 12.1 Å². The maximum Gasteiger partial charge on any atom is 0.333 e. The van der Waals surface area contributed by atoms with Crippen LogP contribution in [0.15, 0.2) is 18.2 Å². The number of carbonyl (C=O) groups excluding carboxylic acids is 3. The van der Waals surface area contributed by atoms with Gasteiger partial charge in [0.15, 0.2) is 0 Å². The van der Waals surface area contributed by atoms with E-state index in [2.05, 4.69) is 26.8 Å². The zero-order valence-electron chi connectivity index (χ0n) is 11.6. The Hall–Kier alpha value is -2.19. The molecule has 0 fully saturated rings. The summed E-state index contributed by atoms with van der Waals surface area (Å²) in [5.41, 5.74) is 4.66. The van der Waals surface area contributed by atoms with Gasteiger partial charge in [-0.05, 0) is 25.1 Å². The average molecular weight is 348 g/mol. The Balaban J connectivity index is 2.31. The van der Waals surface area contributed by atoms with E-state index >= 15 is 0 Å². The van der Waals surface area contributed by atoms with E-state index in [0.29, 0.717) is 22.3 Å². The van der Waals surface area contributed by atoms with Crippen molar-refractivity contribution in [2.45, 2.75) is 6.92 Å². The van der Waals surface area contributed by atoms with Crippen molar-refractivity contribution >= 4 is 46.9 Å². The lowest BCUT2D eigenvalue weighted by Crippen LogP contribution is -2.50. The SMILES string of the molecule is CCNC(=O)NNC(=O)CNC(=O)Nc1ccc(Cl)c(Cl)c1. The molecular weight excluding hydrogens is 333 g/mol. The lowest BCUT2D eigenvalue weighted by molar-refractivity contribution is -0.120. The van der Waals surface area contributed by atoms with Crippen LogP contribution in [0.3, 0.4) is 0 Å². The van der Waals surface area contributed by atoms with Gasteiger partial charge in [-0.15, -0.1) is 0 Å². The number of anilines is 1. The molecule has 5 amide bonds. The summed E-state index contributed by atoms with van der Waals surface area (Å²) in [6.45, 7) is 1.84. The van der Waals surface area contributed by atoms with Crippen LogP contribution in [0.4, 0.5) is 15.3 Å². The number of hydrogen-bond acceptors (Lipinski definition) is 3. The third kappa shape index (κ3) is 6.51. The quantitative estimate of drug-likeness (QED) is 0.531. The molecule has 8 nitrogen and oxygen atoms in total. The Morgan fingerprint density at radius 1 is 1.00 bits per heavy atom. The van der Waals surface area contributed by atoms with Crippen LogP contribution in [0.25, 0.3) is 0 Å². The van der Waals surface area contributed by atoms with Crippen LogP contribution in [0.2, 0.25) is 10.0 Å². The standard InChI is InChI=1S/C12H15Cl2N5O3/c1-2-15-12(22)19-18-10(20)6-16-11(21)17-7-3-4-8(13)9(14)5-7/h3-5H,2,6H2,1H3,(H,18,20)(H2,15,19,22)(H2,16,17,21). The van der Waals surface area contributed by atoms with Crippen LogP contribution in [0.5, 0.6) is 0 Å². The predicted octanol–water partition coefficient (Wildman–Crippen LogP) is 1.47. The van der Waals surface area contributed by atoms with Crippen molar-refractivity contribution in [1.29, 1.82) is 0 Å². The molecule has 0 bridgehead atoms. The highest BCUT2D eigenvalue weighted by Crippen LogP contribution is 2.24. The van der Waals surface area contributed by atoms with Gasteiger partial charge in [0.1, 0.15) is 6.54 Å². The first kappa shape index (κ1) is 17.9. The molecule has 0 heterocycles. The lowest BCUT2D eigenvalue weighted by Gasteiger charge is -2.10. The van der Waals surface area contributed by atoms with Crippen molar-refractivity contribution in [3.05, 3.63) is 28.2 Å². The third-order valence-electron chi connectivity index (χ3n) is 2.24. The molecule has 120 valence electrons. The fraction of sp³-hybridized carbons (Fsp3) is 0.250. The number of urea groups is 2. The molecule has 0 aliphatic rings. The normalized spacial score (nSPS) is 9.59. The maximum atomic E-state index is 11.6. The molecule has 0 unspecified atom stereocenters. The Kier molecular flexibility index (Phi) is 7.27. The molecule has 0 aliphatic carbocycles. The Labute approximate surface area is 136 Å². The smallest absolute Gasteiger partial charge is 0.333 e. The van der Waals surface area contributed by atoms with Crippen LogP contribution in [-0.2, 0) is 4.79 Å². The Bertz CT molecular complexity index is 568. The van der Waals surface area contributed by atoms with Crippen LogP contribution < -0.4 is 26.8 Å². The predicted molar refractivity (Wildman–Crippen MR) is 83.8 cm³/mol. The molecule has 1 aromatic rings. The molecule has 5 N–H and O–H groups in total. The number of hydrazine groups is 1. The van der Waals surface area contributed by atoms with Gasteiger partial charge in [0.05, 0.1) is 10.0 Å². The number of carbonyl (C=O) groups is 3. The van der Waals surface area contributed by atoms with Crippen molar-refractivity contribution in [1.82, 2.24) is 21.5 Å². The van der Waals surface area contributed by atoms with E-state index in [0.717, 1.165) is 0 Å². The van der Waals surface area contributed by atoms with Crippen LogP contribution >= 0.6 is 23.2 Å². The second-order valence-corrected chi connectivity index (χ2v) is 4.78. The van der Waals surface area contributed by atoms with Crippen LogP contribution in [0.1, 0.15) is 6.92 Å². The summed E-state index contributed by atoms with van der Waals surface area (Å²) in [5, 5.41) is 7.87. The van der Waals surface area contributed by atoms with E-state index in [1.54, 1.807) is 13.0 Å². The fourth-order valence-electron chi connectivity index (χ4n) is 1.29. The number of halogens is 2. The summed E-state index contributed by atoms with van der Waals surface area (Å²) in [5.74, 6) is -0.587. The van der Waals surface area contributed by atoms with Gasteiger partial charge in [-0.25, -0.2) is 15.0 Å². The minimum Gasteiger partial charge on any atom is -0.337 e. The maximum absolute atomic E-state index is 11.6. The van der Waals surface area contributed by atoms with Gasteiger partial charge in [-0.1, -0.05) is 23.2 Å². The highest BCUT2D eigenvalue weighted by atomic mass is 35.5. The van der Waals surface area contributed by atoms with E-state index < -0.39 is 18.0 Å². The minimum atomic E-state index is -0.605. The summed E-state index contributed by atoms with van der Waals surface area (Å²) in [6, 6.07) is 3.41. The molecule has 0 atom stereocenters. The number of rotatable bonds is 4. The summed E-state index contributed by atoms with van der Waals surface area (Å²) in [7, 11) is 0. The summed E-state index contributed by atoms with van der Waals surface area (Å²) in [6.07, 6.45) is 0. The topological polar surface area (TPSA) is 111 Å². The fourth-order valence-corrected chi connectivity index (χ4v) is 1.58. The third-order valence-corrected chi connectivity index (χ3v) is 2.98. The van der Waals surface area contributed by atoms with Gasteiger partial charge in [0, 0.05) is 12.2 Å². The van der Waals surface area contributed by atoms with Crippen LogP contribution in [-0.4, -0.2) is 31.1 Å². The number of amides is 5. The highest BCUT2D eigenvalue weighted by molar-refractivity contribution is 6.42. The molecule has 0 saturated carbocycles. The molecule has 1 aromatic carbocycles. The van der Waals surface area contributed by atoms with Gasteiger partial charge in [0.2, 0.25) is 0 Å². The molecular formula is C12H15Cl2N5O3. The molecule has 0 spiro atoms. The monoisotopic (exact) mass is 347 g/mol. The number of benzene rings is 1. The first-order chi connectivity index (χ1) is 10.4. The summed E-state index contributed by atoms with van der Waals surface area (Å²) < 4.78 is 0. The minimum absolute atomic E-state index is 0.295. The first-order valence-electron chi connectivity index (χ1n) is 6.25. The number of nitrogens with one attached hydrogen (secondary N) is 5. The van der Waals surface area contributed by atoms with Crippen molar-refractivity contribution in [3.8, 4) is 0 Å². The van der Waals surface area contributed by atoms with Gasteiger partial charge in [0.25, 0.3) is 5.91 Å². The van der Waals surface area contributed by atoms with Crippen molar-refractivity contribution in [2.75, 3.05) is 18.4 Å². The molecule has 10 heteroatoms. The van der Waals surface area contributed by atoms with Gasteiger partial charge in [-0.2, -0.15) is 0 Å². The Morgan fingerprint density at radius 3 is 2.36 bits per heavy atom. The largest absolute Gasteiger partial charge is 0.337 e. The highest BCUT2D eigenvalue weighted by Gasteiger charge is 2.07. The van der Waals surface area contributed by atoms with E-state index in [-0.39, 0.29) is 6.54 Å². The molecule has 0 saturated heterocycles. The van der Waals surface area contributed by atoms with E-state index in [9.17, 15) is 14.4 Å². The molecule has 0 radical (unpaired) electrons. The second kappa shape index (κ2) is 8.96. The Morgan fingerprint density at radius 2 is 1.73 bits per heavy atom. The molecule has 22 heavy (non-hydrogen) atoms. The molecule has 0 aliphatic heterocycles. The average Bonchev–Trinajstić information content (AvgIpc) is 2.47. The van der Waals surface area contributed by atoms with E-state index in [1.807, 2.05) is 0 Å². The van der Waals surface area contributed by atoms with Crippen molar-refractivity contribution < 1.29 is 14.4 Å². The summed E-state index contributed by atoms with van der Waals surface area (Å²) in [4.78, 5) is 34.0. The first-order valence-corrected chi connectivity index (χ1v) is 7.00. The van der Waals surface area contributed by atoms with Crippen molar-refractivity contribution in [2.24, 2.45) is 0 Å². The molecule has 1 rings (SSSR count). The lowest BCUT2D eigenvalue weighted by atomic mass is 10.3.